The van der Waals surface area contributed by atoms with Crippen molar-refractivity contribution >= 4 is 34.0 Å². The van der Waals surface area contributed by atoms with Crippen LogP contribution in [0.3, 0.4) is 0 Å². The molecule has 0 fully saturated rings. The van der Waals surface area contributed by atoms with E-state index in [1.165, 1.54) is 16.2 Å². The van der Waals surface area contributed by atoms with Crippen molar-refractivity contribution in [3.8, 4) is 17.0 Å². The summed E-state index contributed by atoms with van der Waals surface area (Å²) in [4.78, 5) is 35.8. The maximum absolute atomic E-state index is 13.2. The number of anilines is 2. The Kier molecular flexibility index (Phi) is 7.14. The number of nitrogen functional groups attached to an aromatic ring is 1. The number of nitrogens with two attached hydrogens (primary N) is 1. The number of ether oxygens (including phenoxy) is 1. The lowest BCUT2D eigenvalue weighted by Crippen LogP contribution is -2.37. The molecule has 0 atom stereocenters. The molecule has 9 heteroatoms. The first-order valence-corrected chi connectivity index (χ1v) is 11.3. The highest BCUT2D eigenvalue weighted by Crippen LogP contribution is 2.25. The van der Waals surface area contributed by atoms with Gasteiger partial charge in [0.25, 0.3) is 5.91 Å². The van der Waals surface area contributed by atoms with Crippen molar-refractivity contribution in [2.75, 3.05) is 24.7 Å². The largest absolute Gasteiger partial charge is 0.496 e. The molecule has 4 aromatic rings. The number of rotatable bonds is 8. The standard InChI is InChI=1S/C25H23N5O3S/c1-33-22-5-3-2-4-19(22)14-30(24(32)18-10-12-27-13-11-18)15-23(31)28-20-8-6-17(7-9-20)21-16-34-25(26)29-21/h2-13,16H,14-15H2,1H3,(H2,26,29)(H,28,31). The number of hydrogen-bond acceptors (Lipinski definition) is 7. The van der Waals surface area contributed by atoms with Gasteiger partial charge < -0.3 is 20.7 Å². The first-order valence-electron chi connectivity index (χ1n) is 10.5. The normalized spacial score (nSPS) is 10.5. The van der Waals surface area contributed by atoms with Crippen LogP contribution in [0.25, 0.3) is 11.3 Å². The van der Waals surface area contributed by atoms with Gasteiger partial charge in [-0.3, -0.25) is 14.6 Å². The molecule has 2 aromatic heterocycles. The van der Waals surface area contributed by atoms with E-state index in [1.54, 1.807) is 43.8 Å². The highest BCUT2D eigenvalue weighted by atomic mass is 32.1. The minimum absolute atomic E-state index is 0.135. The molecular weight excluding hydrogens is 450 g/mol. The van der Waals surface area contributed by atoms with E-state index in [9.17, 15) is 9.59 Å². The minimum atomic E-state index is -0.317. The molecule has 0 aliphatic carbocycles. The quantitative estimate of drug-likeness (QED) is 0.399. The molecule has 0 radical (unpaired) electrons. The monoisotopic (exact) mass is 473 g/mol. The second kappa shape index (κ2) is 10.6. The summed E-state index contributed by atoms with van der Waals surface area (Å²) >= 11 is 1.37. The molecule has 0 saturated carbocycles. The molecular formula is C25H23N5O3S. The molecule has 172 valence electrons. The number of para-hydroxylation sites is 1. The van der Waals surface area contributed by atoms with Gasteiger partial charge >= 0.3 is 0 Å². The van der Waals surface area contributed by atoms with Crippen molar-refractivity contribution in [1.29, 1.82) is 0 Å². The molecule has 0 aliphatic heterocycles. The van der Waals surface area contributed by atoms with Crippen molar-refractivity contribution in [3.63, 3.8) is 0 Å². The number of nitrogens with zero attached hydrogens (tertiary/aromatic N) is 3. The summed E-state index contributed by atoms with van der Waals surface area (Å²) in [6.07, 6.45) is 3.10. The summed E-state index contributed by atoms with van der Waals surface area (Å²) in [5.41, 5.74) is 9.25. The Morgan fingerprint density at radius 1 is 1.06 bits per heavy atom. The topological polar surface area (TPSA) is 110 Å². The van der Waals surface area contributed by atoms with Crippen LogP contribution in [-0.2, 0) is 11.3 Å². The van der Waals surface area contributed by atoms with Crippen LogP contribution >= 0.6 is 11.3 Å². The average molecular weight is 474 g/mol. The third-order valence-corrected chi connectivity index (χ3v) is 5.76. The maximum Gasteiger partial charge on any atom is 0.254 e. The van der Waals surface area contributed by atoms with E-state index >= 15 is 0 Å². The lowest BCUT2D eigenvalue weighted by atomic mass is 10.1. The van der Waals surface area contributed by atoms with Crippen LogP contribution in [0.15, 0.2) is 78.4 Å². The van der Waals surface area contributed by atoms with Crippen LogP contribution in [0, 0.1) is 0 Å². The number of thiazole rings is 1. The second-order valence-electron chi connectivity index (χ2n) is 7.41. The van der Waals surface area contributed by atoms with Crippen LogP contribution in [0.4, 0.5) is 10.8 Å². The van der Waals surface area contributed by atoms with E-state index in [4.69, 9.17) is 10.5 Å². The smallest absolute Gasteiger partial charge is 0.254 e. The number of nitrogens with one attached hydrogen (secondary N) is 1. The summed E-state index contributed by atoms with van der Waals surface area (Å²) < 4.78 is 5.42. The lowest BCUT2D eigenvalue weighted by Gasteiger charge is -2.23. The highest BCUT2D eigenvalue weighted by molar-refractivity contribution is 7.13. The minimum Gasteiger partial charge on any atom is -0.496 e. The van der Waals surface area contributed by atoms with Gasteiger partial charge in [0.2, 0.25) is 5.91 Å². The van der Waals surface area contributed by atoms with Crippen LogP contribution in [-0.4, -0.2) is 40.3 Å². The average Bonchev–Trinajstić information content (AvgIpc) is 3.30. The van der Waals surface area contributed by atoms with E-state index in [2.05, 4.69) is 15.3 Å². The van der Waals surface area contributed by atoms with Crippen LogP contribution in [0.2, 0.25) is 0 Å². The predicted octanol–water partition coefficient (Wildman–Crippen LogP) is 4.08. The zero-order valence-electron chi connectivity index (χ0n) is 18.5. The van der Waals surface area contributed by atoms with Gasteiger partial charge in [-0.2, -0.15) is 0 Å². The zero-order chi connectivity index (χ0) is 23.9. The highest BCUT2D eigenvalue weighted by Gasteiger charge is 2.21. The van der Waals surface area contributed by atoms with Crippen molar-refractivity contribution in [2.24, 2.45) is 0 Å². The summed E-state index contributed by atoms with van der Waals surface area (Å²) in [5.74, 6) is 0.0524. The van der Waals surface area contributed by atoms with Gasteiger partial charge in [0.15, 0.2) is 5.13 Å². The summed E-state index contributed by atoms with van der Waals surface area (Å²) in [6, 6.07) is 18.0. The fourth-order valence-electron chi connectivity index (χ4n) is 3.43. The van der Waals surface area contributed by atoms with Gasteiger partial charge in [0, 0.05) is 40.2 Å². The maximum atomic E-state index is 13.2. The second-order valence-corrected chi connectivity index (χ2v) is 8.30. The molecule has 8 nitrogen and oxygen atoms in total. The molecule has 4 rings (SSSR count). The molecule has 2 aromatic carbocycles. The van der Waals surface area contributed by atoms with Crippen molar-refractivity contribution in [1.82, 2.24) is 14.9 Å². The molecule has 2 amide bonds. The Hall–Kier alpha value is -4.24. The zero-order valence-corrected chi connectivity index (χ0v) is 19.3. The van der Waals surface area contributed by atoms with E-state index in [-0.39, 0.29) is 24.9 Å². The third kappa shape index (κ3) is 5.57. The van der Waals surface area contributed by atoms with E-state index < -0.39 is 0 Å². The number of benzene rings is 2. The summed E-state index contributed by atoms with van der Waals surface area (Å²) in [7, 11) is 1.57. The first kappa shape index (κ1) is 22.9. The number of methoxy groups -OCH3 is 1. The number of amides is 2. The van der Waals surface area contributed by atoms with Gasteiger partial charge in [-0.05, 0) is 30.3 Å². The lowest BCUT2D eigenvalue weighted by molar-refractivity contribution is -0.117. The van der Waals surface area contributed by atoms with Gasteiger partial charge in [0.1, 0.15) is 12.3 Å². The molecule has 2 heterocycles. The van der Waals surface area contributed by atoms with Gasteiger partial charge in [0.05, 0.1) is 19.3 Å². The van der Waals surface area contributed by atoms with Crippen LogP contribution in [0.5, 0.6) is 5.75 Å². The van der Waals surface area contributed by atoms with Gasteiger partial charge in [-0.15, -0.1) is 11.3 Å². The predicted molar refractivity (Wildman–Crippen MR) is 133 cm³/mol. The molecule has 0 bridgehead atoms. The summed E-state index contributed by atoms with van der Waals surface area (Å²) in [5, 5.41) is 5.24. The molecule has 3 N–H and O–H groups in total. The molecule has 0 spiro atoms. The molecule has 34 heavy (non-hydrogen) atoms. The SMILES string of the molecule is COc1ccccc1CN(CC(=O)Nc1ccc(-c2csc(N)n2)cc1)C(=O)c1ccncc1. The number of carbonyl (C=O) groups is 2. The summed E-state index contributed by atoms with van der Waals surface area (Å²) in [6.45, 7) is 0.0757. The van der Waals surface area contributed by atoms with Crippen molar-refractivity contribution in [3.05, 3.63) is 89.6 Å². The van der Waals surface area contributed by atoms with Crippen LogP contribution < -0.4 is 15.8 Å². The van der Waals surface area contributed by atoms with E-state index in [0.29, 0.717) is 22.1 Å². The Balaban J connectivity index is 1.50. The van der Waals surface area contributed by atoms with E-state index in [1.807, 2.05) is 41.8 Å². The Labute approximate surface area is 201 Å². The van der Waals surface area contributed by atoms with Gasteiger partial charge in [-0.25, -0.2) is 4.98 Å². The number of carbonyl (C=O) groups excluding carboxylic acids is 2. The first-order chi connectivity index (χ1) is 16.5. The fourth-order valence-corrected chi connectivity index (χ4v) is 4.01. The Morgan fingerprint density at radius 2 is 1.79 bits per heavy atom. The third-order valence-electron chi connectivity index (χ3n) is 5.09. The number of pyridine rings is 1. The Morgan fingerprint density at radius 3 is 2.47 bits per heavy atom. The Bertz CT molecular complexity index is 1280. The van der Waals surface area contributed by atoms with Crippen LogP contribution in [0.1, 0.15) is 15.9 Å². The molecule has 0 saturated heterocycles. The molecule has 0 unspecified atom stereocenters. The number of aromatic nitrogens is 2. The van der Waals surface area contributed by atoms with E-state index in [0.717, 1.165) is 16.8 Å². The number of hydrogen-bond donors (Lipinski definition) is 2. The van der Waals surface area contributed by atoms with Crippen molar-refractivity contribution < 1.29 is 14.3 Å². The van der Waals surface area contributed by atoms with Gasteiger partial charge in [-0.1, -0.05) is 30.3 Å². The fraction of sp³-hybridized carbons (Fsp3) is 0.120. The van der Waals surface area contributed by atoms with Crippen molar-refractivity contribution in [2.45, 2.75) is 6.54 Å². The molecule has 0 aliphatic rings.